The lowest BCUT2D eigenvalue weighted by Gasteiger charge is -1.99. The molecule has 0 aromatic rings. The fraction of sp³-hybridized carbons (Fsp3) is 0.857. The van der Waals surface area contributed by atoms with Gasteiger partial charge < -0.3 is 9.47 Å². The first-order valence-electron chi connectivity index (χ1n) is 6.69. The van der Waals surface area contributed by atoms with Crippen LogP contribution in [0.4, 0.5) is 0 Å². The van der Waals surface area contributed by atoms with Crippen molar-refractivity contribution in [3.63, 3.8) is 0 Å². The van der Waals surface area contributed by atoms with Crippen LogP contribution in [0, 0.1) is 0 Å². The second-order valence-corrected chi connectivity index (χ2v) is 4.97. The van der Waals surface area contributed by atoms with Gasteiger partial charge in [0.05, 0.1) is 6.61 Å². The van der Waals surface area contributed by atoms with Gasteiger partial charge in [-0.2, -0.15) is 0 Å². The van der Waals surface area contributed by atoms with Crippen molar-refractivity contribution in [2.45, 2.75) is 51.4 Å². The highest BCUT2D eigenvalue weighted by Gasteiger charge is 1.89. The normalized spacial score (nSPS) is 11.4. The molecular weight excluding hydrogens is 280 g/mol. The Morgan fingerprint density at radius 2 is 1.53 bits per heavy atom. The molecule has 0 aromatic carbocycles. The summed E-state index contributed by atoms with van der Waals surface area (Å²) in [6.07, 6.45) is 14.8. The molecule has 0 unspecified atom stereocenters. The quantitative estimate of drug-likeness (QED) is 0.213. The molecule has 3 heteroatoms. The van der Waals surface area contributed by atoms with Crippen LogP contribution in [0.15, 0.2) is 12.2 Å². The predicted octanol–water partition coefficient (Wildman–Crippen LogP) is 4.68. The number of hydrogen-bond donors (Lipinski definition) is 0. The van der Waals surface area contributed by atoms with Crippen LogP contribution in [-0.4, -0.2) is 25.8 Å². The molecule has 0 amide bonds. The van der Waals surface area contributed by atoms with E-state index < -0.39 is 0 Å². The summed E-state index contributed by atoms with van der Waals surface area (Å²) in [6, 6.07) is 0. The zero-order chi connectivity index (χ0) is 12.6. The molecule has 0 bridgehead atoms. The Kier molecular flexibility index (Phi) is 16.3. The smallest absolute Gasteiger partial charge is 0.146 e. The molecule has 0 rings (SSSR count). The van der Waals surface area contributed by atoms with E-state index in [1.165, 1.54) is 44.9 Å². The molecule has 0 aliphatic carbocycles. The monoisotopic (exact) mass is 306 g/mol. The van der Waals surface area contributed by atoms with Crippen LogP contribution >= 0.6 is 15.9 Å². The van der Waals surface area contributed by atoms with E-state index in [4.69, 9.17) is 9.47 Å². The Bertz CT molecular complexity index is 160. The van der Waals surface area contributed by atoms with Gasteiger partial charge in [0.25, 0.3) is 0 Å². The molecule has 0 atom stereocenters. The van der Waals surface area contributed by atoms with Crippen LogP contribution in [0.1, 0.15) is 51.4 Å². The van der Waals surface area contributed by atoms with E-state index in [1.54, 1.807) is 7.11 Å². The van der Waals surface area contributed by atoms with Crippen LogP contribution in [-0.2, 0) is 9.47 Å². The largest absolute Gasteiger partial charge is 0.359 e. The molecule has 0 saturated heterocycles. The maximum atomic E-state index is 5.19. The van der Waals surface area contributed by atoms with Gasteiger partial charge in [-0.1, -0.05) is 53.8 Å². The van der Waals surface area contributed by atoms with Gasteiger partial charge in [-0.15, -0.1) is 0 Å². The van der Waals surface area contributed by atoms with E-state index in [9.17, 15) is 0 Å². The van der Waals surface area contributed by atoms with Crippen LogP contribution in [0.5, 0.6) is 0 Å². The molecule has 0 N–H and O–H groups in total. The summed E-state index contributed by atoms with van der Waals surface area (Å²) in [5.41, 5.74) is 0. The molecule has 0 aliphatic heterocycles. The van der Waals surface area contributed by atoms with Crippen LogP contribution < -0.4 is 0 Å². The fourth-order valence-corrected chi connectivity index (χ4v) is 1.99. The van der Waals surface area contributed by atoms with Crippen LogP contribution in [0.2, 0.25) is 0 Å². The molecule has 17 heavy (non-hydrogen) atoms. The van der Waals surface area contributed by atoms with Gasteiger partial charge in [-0.3, -0.25) is 0 Å². The van der Waals surface area contributed by atoms with Gasteiger partial charge in [0, 0.05) is 12.4 Å². The molecule has 0 radical (unpaired) electrons. The number of allylic oxidation sites excluding steroid dienone is 1. The molecule has 0 heterocycles. The van der Waals surface area contributed by atoms with Gasteiger partial charge in [0.2, 0.25) is 0 Å². The first-order valence-corrected chi connectivity index (χ1v) is 7.81. The SMILES string of the molecule is COCOCCC=CCCCCCCCCBr. The Morgan fingerprint density at radius 3 is 2.24 bits per heavy atom. The van der Waals surface area contributed by atoms with E-state index in [2.05, 4.69) is 28.1 Å². The second kappa shape index (κ2) is 16.1. The molecule has 0 aliphatic rings. The van der Waals surface area contributed by atoms with Crippen molar-refractivity contribution < 1.29 is 9.47 Å². The Balaban J connectivity index is 2.99. The highest BCUT2D eigenvalue weighted by molar-refractivity contribution is 9.09. The van der Waals surface area contributed by atoms with Crippen molar-refractivity contribution in [3.05, 3.63) is 12.2 Å². The molecule has 102 valence electrons. The van der Waals surface area contributed by atoms with Crippen LogP contribution in [0.3, 0.4) is 0 Å². The number of halogens is 1. The number of ether oxygens (including phenoxy) is 2. The molecular formula is C14H27BrO2. The van der Waals surface area contributed by atoms with Gasteiger partial charge in [-0.05, 0) is 25.7 Å². The fourth-order valence-electron chi connectivity index (χ4n) is 1.59. The molecule has 0 aromatic heterocycles. The lowest BCUT2D eigenvalue weighted by atomic mass is 10.1. The predicted molar refractivity (Wildman–Crippen MR) is 77.7 cm³/mol. The summed E-state index contributed by atoms with van der Waals surface area (Å²) in [4.78, 5) is 0. The van der Waals surface area contributed by atoms with E-state index in [-0.39, 0.29) is 0 Å². The van der Waals surface area contributed by atoms with E-state index in [1.807, 2.05) is 0 Å². The minimum atomic E-state index is 0.405. The average molecular weight is 307 g/mol. The first kappa shape index (κ1) is 17.1. The summed E-state index contributed by atoms with van der Waals surface area (Å²) in [6.45, 7) is 1.17. The van der Waals surface area contributed by atoms with E-state index in [0.717, 1.165) is 18.4 Å². The third-order valence-corrected chi connectivity index (χ3v) is 3.11. The van der Waals surface area contributed by atoms with Crippen molar-refractivity contribution in [2.24, 2.45) is 0 Å². The van der Waals surface area contributed by atoms with Gasteiger partial charge >= 0.3 is 0 Å². The standard InChI is InChI=1S/C14H27BrO2/c1-16-14-17-13-11-9-7-5-3-2-4-6-8-10-12-15/h7,9H,2-6,8,10-14H2,1H3. The highest BCUT2D eigenvalue weighted by atomic mass is 79.9. The van der Waals surface area contributed by atoms with Gasteiger partial charge in [0.1, 0.15) is 6.79 Å². The number of alkyl halides is 1. The maximum absolute atomic E-state index is 5.19. The van der Waals surface area contributed by atoms with Gasteiger partial charge in [0.15, 0.2) is 0 Å². The number of hydrogen-bond acceptors (Lipinski definition) is 2. The van der Waals surface area contributed by atoms with Gasteiger partial charge in [-0.25, -0.2) is 0 Å². The Labute approximate surface area is 115 Å². The molecule has 0 spiro atoms. The molecule has 2 nitrogen and oxygen atoms in total. The minimum absolute atomic E-state index is 0.405. The maximum Gasteiger partial charge on any atom is 0.146 e. The summed E-state index contributed by atoms with van der Waals surface area (Å²) >= 11 is 3.46. The lowest BCUT2D eigenvalue weighted by molar-refractivity contribution is -0.0285. The van der Waals surface area contributed by atoms with Crippen molar-refractivity contribution in [1.29, 1.82) is 0 Å². The summed E-state index contributed by atoms with van der Waals surface area (Å²) in [5, 5.41) is 1.15. The minimum Gasteiger partial charge on any atom is -0.359 e. The lowest BCUT2D eigenvalue weighted by Crippen LogP contribution is -1.96. The van der Waals surface area contributed by atoms with Crippen molar-refractivity contribution in [2.75, 3.05) is 25.8 Å². The summed E-state index contributed by atoms with van der Waals surface area (Å²) in [7, 11) is 1.65. The molecule has 0 saturated carbocycles. The van der Waals surface area contributed by atoms with E-state index >= 15 is 0 Å². The topological polar surface area (TPSA) is 18.5 Å². The third kappa shape index (κ3) is 16.1. The Morgan fingerprint density at radius 1 is 0.882 bits per heavy atom. The van der Waals surface area contributed by atoms with Crippen molar-refractivity contribution in [3.8, 4) is 0 Å². The number of unbranched alkanes of at least 4 members (excludes halogenated alkanes) is 6. The van der Waals surface area contributed by atoms with Crippen LogP contribution in [0.25, 0.3) is 0 Å². The van der Waals surface area contributed by atoms with E-state index in [0.29, 0.717) is 6.79 Å². The first-order chi connectivity index (χ1) is 8.41. The second-order valence-electron chi connectivity index (χ2n) is 4.17. The zero-order valence-electron chi connectivity index (χ0n) is 11.1. The number of rotatable bonds is 13. The van der Waals surface area contributed by atoms with Crippen molar-refractivity contribution >= 4 is 15.9 Å². The highest BCUT2D eigenvalue weighted by Crippen LogP contribution is 2.08. The average Bonchev–Trinajstić information content (AvgIpc) is 2.35. The Hall–Kier alpha value is 0.140. The summed E-state index contributed by atoms with van der Waals surface area (Å²) < 4.78 is 9.98. The molecule has 0 fully saturated rings. The number of methoxy groups -OCH3 is 1. The third-order valence-electron chi connectivity index (χ3n) is 2.55. The van der Waals surface area contributed by atoms with Crippen molar-refractivity contribution in [1.82, 2.24) is 0 Å². The summed E-state index contributed by atoms with van der Waals surface area (Å²) in [5.74, 6) is 0. The zero-order valence-corrected chi connectivity index (χ0v) is 12.7.